The van der Waals surface area contributed by atoms with Crippen LogP contribution < -0.4 is 4.90 Å². The molecule has 1 aromatic rings. The highest BCUT2D eigenvalue weighted by Gasteiger charge is 2.29. The van der Waals surface area contributed by atoms with E-state index in [9.17, 15) is 15.2 Å². The Bertz CT molecular complexity index is 509. The van der Waals surface area contributed by atoms with Crippen LogP contribution in [-0.2, 0) is 0 Å². The van der Waals surface area contributed by atoms with Crippen molar-refractivity contribution in [1.29, 1.82) is 0 Å². The Hall–Kier alpha value is -1.21. The highest BCUT2D eigenvalue weighted by molar-refractivity contribution is 9.10. The maximum Gasteiger partial charge on any atom is 0.291 e. The summed E-state index contributed by atoms with van der Waals surface area (Å²) in [5.41, 5.74) is -0.0364. The van der Waals surface area contributed by atoms with Gasteiger partial charge in [-0.2, -0.15) is 0 Å². The summed E-state index contributed by atoms with van der Waals surface area (Å²) in [6, 6.07) is 0. The molecule has 19 heavy (non-hydrogen) atoms. The third kappa shape index (κ3) is 2.87. The third-order valence-corrected chi connectivity index (χ3v) is 4.51. The first kappa shape index (κ1) is 14.2. The Morgan fingerprint density at radius 1 is 1.53 bits per heavy atom. The van der Waals surface area contributed by atoms with Crippen LogP contribution in [0.5, 0.6) is 0 Å². The quantitative estimate of drug-likeness (QED) is 0.665. The molecule has 0 aliphatic carbocycles. The molecule has 2 heterocycles. The number of piperidine rings is 1. The van der Waals surface area contributed by atoms with Crippen LogP contribution in [0.2, 0.25) is 0 Å². The predicted molar refractivity (Wildman–Crippen MR) is 75.4 cm³/mol. The van der Waals surface area contributed by atoms with Crippen molar-refractivity contribution >= 4 is 27.4 Å². The van der Waals surface area contributed by atoms with E-state index < -0.39 is 10.5 Å². The first-order valence-corrected chi connectivity index (χ1v) is 6.88. The number of hydrogen-bond donors (Lipinski definition) is 1. The van der Waals surface area contributed by atoms with Gasteiger partial charge in [0.2, 0.25) is 0 Å². The summed E-state index contributed by atoms with van der Waals surface area (Å²) < 4.78 is 0.656. The van der Waals surface area contributed by atoms with Gasteiger partial charge in [0.15, 0.2) is 0 Å². The summed E-state index contributed by atoms with van der Waals surface area (Å²) in [5, 5.41) is 20.8. The molecule has 1 N–H and O–H groups in total. The van der Waals surface area contributed by atoms with Crippen LogP contribution in [0.3, 0.4) is 0 Å². The zero-order chi connectivity index (χ0) is 14.2. The van der Waals surface area contributed by atoms with Crippen molar-refractivity contribution in [3.8, 4) is 0 Å². The lowest BCUT2D eigenvalue weighted by atomic mass is 9.94. The second-order valence-corrected chi connectivity index (χ2v) is 5.94. The van der Waals surface area contributed by atoms with Crippen LogP contribution in [0, 0.1) is 17.0 Å². The number of aliphatic hydroxyl groups is 1. The van der Waals surface area contributed by atoms with E-state index >= 15 is 0 Å². The van der Waals surface area contributed by atoms with Gasteiger partial charge in [-0.05, 0) is 42.6 Å². The number of aromatic nitrogens is 1. The van der Waals surface area contributed by atoms with Gasteiger partial charge < -0.3 is 10.0 Å². The zero-order valence-corrected chi connectivity index (χ0v) is 12.5. The third-order valence-electron chi connectivity index (χ3n) is 3.56. The van der Waals surface area contributed by atoms with E-state index in [1.807, 2.05) is 11.8 Å². The molecule has 0 bridgehead atoms. The van der Waals surface area contributed by atoms with Gasteiger partial charge in [-0.25, -0.2) is 4.98 Å². The van der Waals surface area contributed by atoms with Crippen molar-refractivity contribution in [3.05, 3.63) is 26.3 Å². The lowest BCUT2D eigenvalue weighted by molar-refractivity contribution is -0.385. The molecule has 0 spiro atoms. The number of rotatable bonds is 2. The second-order valence-electron chi connectivity index (χ2n) is 5.15. The summed E-state index contributed by atoms with van der Waals surface area (Å²) in [6.45, 7) is 4.91. The maximum absolute atomic E-state index is 10.8. The summed E-state index contributed by atoms with van der Waals surface area (Å²) in [6.07, 6.45) is 2.62. The van der Waals surface area contributed by atoms with E-state index in [2.05, 4.69) is 20.9 Å². The van der Waals surface area contributed by atoms with E-state index in [0.29, 0.717) is 41.8 Å². The Labute approximate surface area is 119 Å². The zero-order valence-electron chi connectivity index (χ0n) is 10.9. The Morgan fingerprint density at radius 2 is 2.11 bits per heavy atom. The Kier molecular flexibility index (Phi) is 3.78. The van der Waals surface area contributed by atoms with E-state index in [1.165, 1.54) is 6.20 Å². The van der Waals surface area contributed by atoms with Crippen molar-refractivity contribution in [2.75, 3.05) is 18.0 Å². The minimum absolute atomic E-state index is 0.0135. The lowest BCUT2D eigenvalue weighted by Crippen LogP contribution is -2.43. The van der Waals surface area contributed by atoms with Crippen molar-refractivity contribution in [2.45, 2.75) is 32.3 Å². The van der Waals surface area contributed by atoms with Gasteiger partial charge in [-0.1, -0.05) is 0 Å². The molecule has 1 saturated heterocycles. The standard InChI is InChI=1S/C12H16BrN3O3/c1-8-9(16(18)19)7-14-11(10(8)13)15-5-3-12(2,17)4-6-15/h7,17H,3-6H2,1-2H3. The molecule has 6 nitrogen and oxygen atoms in total. The summed E-state index contributed by atoms with van der Waals surface area (Å²) in [5.74, 6) is 0.707. The van der Waals surface area contributed by atoms with Crippen LogP contribution >= 0.6 is 15.9 Å². The SMILES string of the molecule is Cc1c([N+](=O)[O-])cnc(N2CCC(C)(O)CC2)c1Br. The number of hydrogen-bond acceptors (Lipinski definition) is 5. The monoisotopic (exact) mass is 329 g/mol. The van der Waals surface area contributed by atoms with E-state index in [-0.39, 0.29) is 5.69 Å². The van der Waals surface area contributed by atoms with Crippen LogP contribution in [-0.4, -0.2) is 33.7 Å². The number of pyridine rings is 1. The highest BCUT2D eigenvalue weighted by atomic mass is 79.9. The fourth-order valence-corrected chi connectivity index (χ4v) is 2.72. The molecular weight excluding hydrogens is 314 g/mol. The van der Waals surface area contributed by atoms with Crippen LogP contribution in [0.1, 0.15) is 25.3 Å². The molecule has 1 aromatic heterocycles. The molecule has 0 saturated carbocycles. The van der Waals surface area contributed by atoms with E-state index in [1.54, 1.807) is 6.92 Å². The molecule has 0 unspecified atom stereocenters. The fourth-order valence-electron chi connectivity index (χ4n) is 2.16. The van der Waals surface area contributed by atoms with Crippen LogP contribution in [0.15, 0.2) is 10.7 Å². The van der Waals surface area contributed by atoms with Gasteiger partial charge in [-0.15, -0.1) is 0 Å². The van der Waals surface area contributed by atoms with Crippen molar-refractivity contribution in [1.82, 2.24) is 4.98 Å². The molecule has 104 valence electrons. The summed E-state index contributed by atoms with van der Waals surface area (Å²) in [4.78, 5) is 16.6. The lowest BCUT2D eigenvalue weighted by Gasteiger charge is -2.36. The topological polar surface area (TPSA) is 79.5 Å². The average molecular weight is 330 g/mol. The summed E-state index contributed by atoms with van der Waals surface area (Å²) >= 11 is 3.39. The fraction of sp³-hybridized carbons (Fsp3) is 0.583. The van der Waals surface area contributed by atoms with Gasteiger partial charge in [0.25, 0.3) is 5.69 Å². The molecule has 0 atom stereocenters. The normalized spacial score (nSPS) is 18.4. The van der Waals surface area contributed by atoms with E-state index in [4.69, 9.17) is 0 Å². The van der Waals surface area contributed by atoms with Crippen molar-refractivity contribution < 1.29 is 10.0 Å². The van der Waals surface area contributed by atoms with Gasteiger partial charge in [-0.3, -0.25) is 10.1 Å². The molecule has 0 aromatic carbocycles. The second kappa shape index (κ2) is 5.05. The van der Waals surface area contributed by atoms with Gasteiger partial charge in [0.1, 0.15) is 12.0 Å². The average Bonchev–Trinajstić information content (AvgIpc) is 2.33. The number of anilines is 1. The van der Waals surface area contributed by atoms with E-state index in [0.717, 1.165) is 0 Å². The largest absolute Gasteiger partial charge is 0.390 e. The molecular formula is C12H16BrN3O3. The highest BCUT2D eigenvalue weighted by Crippen LogP contribution is 2.35. The first-order chi connectivity index (χ1) is 8.82. The Balaban J connectivity index is 2.27. The Morgan fingerprint density at radius 3 is 2.63 bits per heavy atom. The molecule has 0 radical (unpaired) electrons. The van der Waals surface area contributed by atoms with Gasteiger partial charge in [0.05, 0.1) is 15.0 Å². The first-order valence-electron chi connectivity index (χ1n) is 6.08. The molecule has 2 rings (SSSR count). The van der Waals surface area contributed by atoms with Crippen LogP contribution in [0.4, 0.5) is 11.5 Å². The van der Waals surface area contributed by atoms with Crippen LogP contribution in [0.25, 0.3) is 0 Å². The van der Waals surface area contributed by atoms with Crippen molar-refractivity contribution in [2.24, 2.45) is 0 Å². The number of nitro groups is 1. The molecule has 7 heteroatoms. The molecule has 1 aliphatic rings. The maximum atomic E-state index is 10.8. The molecule has 0 amide bonds. The minimum Gasteiger partial charge on any atom is -0.390 e. The smallest absolute Gasteiger partial charge is 0.291 e. The van der Waals surface area contributed by atoms with Gasteiger partial charge in [0, 0.05) is 18.7 Å². The van der Waals surface area contributed by atoms with Crippen molar-refractivity contribution in [3.63, 3.8) is 0 Å². The minimum atomic E-state index is -0.626. The molecule has 1 fully saturated rings. The predicted octanol–water partition coefficient (Wildman–Crippen LogP) is 2.41. The molecule has 1 aliphatic heterocycles. The number of halogens is 1. The summed E-state index contributed by atoms with van der Waals surface area (Å²) in [7, 11) is 0. The van der Waals surface area contributed by atoms with Gasteiger partial charge >= 0.3 is 0 Å². The number of nitrogens with zero attached hydrogens (tertiary/aromatic N) is 3.